The molecule has 3 heterocycles. The summed E-state index contributed by atoms with van der Waals surface area (Å²) >= 11 is 0. The van der Waals surface area contributed by atoms with Crippen molar-refractivity contribution in [3.8, 4) is 23.0 Å². The average molecular weight is 1260 g/mol. The molecule has 0 saturated carbocycles. The standard InChI is InChI=1S/C32H35N3O7.C27H52N2O14.2C2H6/c1-19-7-5-6-8-20(10-9-19)42-32(37)34(2)11-12-35-30-23-15-28-29(41-18-40-28)16-25(23)33-17-24(30)21-13-26(38-3)27(39-4)14-22(21)31(35)36;30-25-28-3-9-37-15-21-43-24-18-40-12-6-29(4-10-38-16-22-41-19-13-35-7-1-26(31)32)5-11-39-17-23-42-20-14-36-8-2-27(33)34;2*1-2/h6,8,13-17,19-20H,5,7,9-12,18H2,1-4H3;25H,1-24H2,(H,28,30)(H,31,32)(H,33,34);2*1-2H3/b8-6+;;;/t19?,20-;;;/m0.../s1. The van der Waals surface area contributed by atoms with Crippen LogP contribution >= 0.6 is 0 Å². The van der Waals surface area contributed by atoms with E-state index in [0.29, 0.717) is 189 Å². The van der Waals surface area contributed by atoms with Crippen molar-refractivity contribution in [2.45, 2.75) is 85.8 Å². The fourth-order valence-electron chi connectivity index (χ4n) is 8.82. The number of hydrogen-bond acceptors (Lipinski definition) is 21. The number of benzene rings is 2. The summed E-state index contributed by atoms with van der Waals surface area (Å²) in [5, 5.41) is 22.3. The van der Waals surface area contributed by atoms with Gasteiger partial charge in [-0.1, -0.05) is 40.7 Å². The van der Waals surface area contributed by atoms with Crippen molar-refractivity contribution in [2.24, 2.45) is 5.92 Å². The Labute approximate surface area is 523 Å². The third-order valence-electron chi connectivity index (χ3n) is 13.5. The van der Waals surface area contributed by atoms with Gasteiger partial charge in [0.15, 0.2) is 23.0 Å². The molecule has 2 aromatic heterocycles. The maximum Gasteiger partial charge on any atom is 0.410 e. The molecule has 0 spiro atoms. The van der Waals surface area contributed by atoms with E-state index in [0.717, 1.165) is 36.5 Å². The first kappa shape index (κ1) is 76.8. The van der Waals surface area contributed by atoms with Gasteiger partial charge in [0, 0.05) is 74.7 Å². The van der Waals surface area contributed by atoms with E-state index in [1.807, 2.05) is 45.9 Å². The van der Waals surface area contributed by atoms with Gasteiger partial charge in [0.05, 0.1) is 162 Å². The van der Waals surface area contributed by atoms with Crippen molar-refractivity contribution in [1.82, 2.24) is 24.7 Å². The molecule has 0 saturated heterocycles. The Hall–Kier alpha value is -6.46. The van der Waals surface area contributed by atoms with Gasteiger partial charge >= 0.3 is 18.0 Å². The van der Waals surface area contributed by atoms with Crippen LogP contribution in [0.5, 0.6) is 23.0 Å². The Kier molecular flexibility index (Phi) is 41.0. The van der Waals surface area contributed by atoms with Gasteiger partial charge in [-0.3, -0.25) is 29.1 Å². The molecule has 26 nitrogen and oxygen atoms in total. The zero-order valence-corrected chi connectivity index (χ0v) is 53.6. The molecule has 4 aromatic rings. The second kappa shape index (κ2) is 47.5. The minimum Gasteiger partial charge on any atom is -0.493 e. The molecule has 3 N–H and O–H groups in total. The van der Waals surface area contributed by atoms with E-state index in [2.05, 4.69) is 23.2 Å². The number of aliphatic carboxylic acids is 2. The number of likely N-dealkylation sites (N-methyl/N-ethyl adjacent to an activating group) is 1. The number of rotatable bonds is 43. The number of amides is 2. The van der Waals surface area contributed by atoms with Crippen LogP contribution in [0.2, 0.25) is 0 Å². The van der Waals surface area contributed by atoms with Crippen LogP contribution in [-0.2, 0) is 68.3 Å². The van der Waals surface area contributed by atoms with Gasteiger partial charge in [-0.25, -0.2) is 4.79 Å². The molecule has 0 fully saturated rings. The predicted molar refractivity (Wildman–Crippen MR) is 335 cm³/mol. The summed E-state index contributed by atoms with van der Waals surface area (Å²) in [6.07, 6.45) is 9.70. The summed E-state index contributed by atoms with van der Waals surface area (Å²) in [7, 11) is 4.79. The number of carboxylic acids is 2. The molecule has 2 amide bonds. The number of ether oxygens (including phenoxy) is 14. The summed E-state index contributed by atoms with van der Waals surface area (Å²) in [6, 6.07) is 7.17. The molecule has 1 aliphatic carbocycles. The van der Waals surface area contributed by atoms with Crippen molar-refractivity contribution < 1.29 is 95.7 Å². The van der Waals surface area contributed by atoms with E-state index in [9.17, 15) is 24.0 Å². The number of carbonyl (C=O) groups excluding carboxylic acids is 2. The topological polar surface area (TPSA) is 291 Å². The van der Waals surface area contributed by atoms with Gasteiger partial charge in [0.25, 0.3) is 5.56 Å². The molecule has 2 aliphatic rings. The molecular weight excluding hydrogens is 1160 g/mol. The lowest BCUT2D eigenvalue weighted by Crippen LogP contribution is -2.35. The van der Waals surface area contributed by atoms with Crippen LogP contribution in [0, 0.1) is 5.92 Å². The molecular formula is C63H99N5O21. The Morgan fingerprint density at radius 1 is 0.629 bits per heavy atom. The van der Waals surface area contributed by atoms with E-state index < -0.39 is 18.0 Å². The first-order valence-corrected chi connectivity index (χ1v) is 30.9. The molecule has 26 heteroatoms. The smallest absolute Gasteiger partial charge is 0.410 e. The summed E-state index contributed by atoms with van der Waals surface area (Å²) in [5.41, 5.74) is 1.13. The SMILES string of the molecule is CC.CC.COc1cc2c(=O)n(CCN(C)C(=O)O[C@H]3/C=C/CCC(C)CC3)c3c4cc5c(cc4ncc3c2cc1OC)OCO5.O=CNCCOCCOCCOCCN(CCOCCOCCOCCC(=O)O)CCOCCOCCOCCC(=O)O. The third-order valence-corrected chi connectivity index (χ3v) is 13.5. The Morgan fingerprint density at radius 2 is 1.11 bits per heavy atom. The van der Waals surface area contributed by atoms with Gasteiger partial charge in [0.2, 0.25) is 13.2 Å². The van der Waals surface area contributed by atoms with Crippen molar-refractivity contribution in [3.63, 3.8) is 0 Å². The van der Waals surface area contributed by atoms with Crippen LogP contribution < -0.4 is 29.8 Å². The maximum absolute atomic E-state index is 14.1. The minimum absolute atomic E-state index is 0.0249. The van der Waals surface area contributed by atoms with Gasteiger partial charge in [0.1, 0.15) is 6.10 Å². The summed E-state index contributed by atoms with van der Waals surface area (Å²) < 4.78 is 78.7. The maximum atomic E-state index is 14.1. The highest BCUT2D eigenvalue weighted by Gasteiger charge is 2.23. The fourth-order valence-corrected chi connectivity index (χ4v) is 8.82. The van der Waals surface area contributed by atoms with E-state index in [1.165, 1.54) is 12.0 Å². The first-order valence-electron chi connectivity index (χ1n) is 30.9. The molecule has 1 aliphatic heterocycles. The van der Waals surface area contributed by atoms with Crippen LogP contribution in [0.3, 0.4) is 0 Å². The highest BCUT2D eigenvalue weighted by atomic mass is 16.7. The normalized spacial score (nSPS) is 14.5. The van der Waals surface area contributed by atoms with Gasteiger partial charge in [-0.15, -0.1) is 0 Å². The number of carboxylic acid groups (broad SMARTS) is 2. The number of carbonyl (C=O) groups is 4. The Balaban J connectivity index is 0.000000440. The number of nitrogens with one attached hydrogen (secondary N) is 1. The first-order chi connectivity index (χ1) is 43.4. The Bertz CT molecular complexity index is 2680. The van der Waals surface area contributed by atoms with Gasteiger partial charge < -0.3 is 91.3 Å². The summed E-state index contributed by atoms with van der Waals surface area (Å²) in [5.74, 6) is 0.973. The lowest BCUT2D eigenvalue weighted by molar-refractivity contribution is -0.139. The van der Waals surface area contributed by atoms with E-state index in [-0.39, 0.29) is 57.6 Å². The number of aromatic nitrogens is 2. The number of allylic oxidation sites excluding steroid dienone is 1. The molecule has 2 atom stereocenters. The van der Waals surface area contributed by atoms with Crippen LogP contribution in [0.4, 0.5) is 4.79 Å². The fraction of sp³-hybridized carbons (Fsp3) is 0.651. The van der Waals surface area contributed by atoms with E-state index >= 15 is 0 Å². The largest absolute Gasteiger partial charge is 0.493 e. The molecule has 0 radical (unpaired) electrons. The number of hydrogen-bond donors (Lipinski definition) is 3. The molecule has 1 unspecified atom stereocenters. The van der Waals surface area contributed by atoms with Crippen molar-refractivity contribution in [3.05, 3.63) is 53.0 Å². The minimum atomic E-state index is -0.891. The molecule has 6 rings (SSSR count). The average Bonchev–Trinajstić information content (AvgIpc) is 1.33. The molecule has 89 heavy (non-hydrogen) atoms. The van der Waals surface area contributed by atoms with Crippen LogP contribution in [-0.4, -0.2) is 240 Å². The number of nitrogens with zero attached hydrogens (tertiary/aromatic N) is 4. The number of methoxy groups -OCH3 is 2. The lowest BCUT2D eigenvalue weighted by atomic mass is 9.95. The summed E-state index contributed by atoms with van der Waals surface area (Å²) in [4.78, 5) is 66.6. The third kappa shape index (κ3) is 29.8. The van der Waals surface area contributed by atoms with Crippen LogP contribution in [0.25, 0.3) is 32.6 Å². The Morgan fingerprint density at radius 3 is 1.62 bits per heavy atom. The van der Waals surface area contributed by atoms with Gasteiger partial charge in [-0.05, 0) is 55.9 Å². The zero-order chi connectivity index (χ0) is 64.9. The van der Waals surface area contributed by atoms with Crippen LogP contribution in [0.15, 0.2) is 47.4 Å². The monoisotopic (exact) mass is 1260 g/mol. The van der Waals surface area contributed by atoms with E-state index in [4.69, 9.17) is 81.5 Å². The predicted octanol–water partition coefficient (Wildman–Crippen LogP) is 6.84. The second-order valence-corrected chi connectivity index (χ2v) is 19.7. The van der Waals surface area contributed by atoms with E-state index in [1.54, 1.807) is 37.1 Å². The van der Waals surface area contributed by atoms with Crippen molar-refractivity contribution >= 4 is 57.0 Å². The number of pyridine rings is 2. The quantitative estimate of drug-likeness (QED) is 0.0177. The molecule has 0 bridgehead atoms. The molecule has 2 aromatic carbocycles. The van der Waals surface area contributed by atoms with Gasteiger partial charge in [-0.2, -0.15) is 0 Å². The lowest BCUT2D eigenvalue weighted by Gasteiger charge is -2.24. The number of fused-ring (bicyclic) bond motifs is 6. The highest BCUT2D eigenvalue weighted by Crippen LogP contribution is 2.40. The summed E-state index contributed by atoms with van der Waals surface area (Å²) in [6.45, 7) is 20.6. The van der Waals surface area contributed by atoms with Crippen molar-refractivity contribution in [2.75, 3.05) is 180 Å². The van der Waals surface area contributed by atoms with Crippen molar-refractivity contribution in [1.29, 1.82) is 0 Å². The highest BCUT2D eigenvalue weighted by molar-refractivity contribution is 6.15. The second-order valence-electron chi connectivity index (χ2n) is 19.7. The van der Waals surface area contributed by atoms with Crippen LogP contribution in [0.1, 0.15) is 73.1 Å². The molecule has 502 valence electrons. The zero-order valence-electron chi connectivity index (χ0n) is 53.6.